The van der Waals surface area contributed by atoms with E-state index in [0.29, 0.717) is 17.6 Å². The number of carbonyl (C=O) groups excluding carboxylic acids is 2. The van der Waals surface area contributed by atoms with Crippen molar-refractivity contribution in [3.63, 3.8) is 0 Å². The van der Waals surface area contributed by atoms with Gasteiger partial charge in [-0.3, -0.25) is 24.6 Å². The first kappa shape index (κ1) is 65.9. The Bertz CT molecular complexity index is 3580. The van der Waals surface area contributed by atoms with Gasteiger partial charge in [0, 0.05) is 28.1 Å². The molecule has 23 nitrogen and oxygen atoms in total. The number of anilines is 2. The fourth-order valence-electron chi connectivity index (χ4n) is 6.63. The van der Waals surface area contributed by atoms with Crippen LogP contribution in [0.15, 0.2) is 131 Å². The molecule has 0 aliphatic rings. The van der Waals surface area contributed by atoms with Crippen LogP contribution in [0.1, 0.15) is 31.8 Å². The zero-order valence-corrected chi connectivity index (χ0v) is 51.7. The van der Waals surface area contributed by atoms with Crippen LogP contribution < -0.4 is 139 Å². The first-order chi connectivity index (χ1) is 33.2. The largest absolute Gasteiger partial charge is 1.00 e. The smallest absolute Gasteiger partial charge is 0.744 e. The van der Waals surface area contributed by atoms with E-state index in [-0.39, 0.29) is 211 Å². The van der Waals surface area contributed by atoms with Gasteiger partial charge in [-0.1, -0.05) is 29.3 Å². The molecule has 6 aromatic carbocycles. The molecule has 0 atom stereocenters. The molecular formula is C41H25Cl2N7Na4O16S4. The Balaban J connectivity index is 0.00000361. The molecule has 0 spiro atoms. The number of hydrogen-bond donors (Lipinski definition) is 4. The van der Waals surface area contributed by atoms with Crippen molar-refractivity contribution in [2.75, 3.05) is 10.6 Å². The summed E-state index contributed by atoms with van der Waals surface area (Å²) in [6.45, 7) is 3.06. The molecule has 0 aliphatic carbocycles. The standard InChI is InChI=1S/C41H29Cl2N7O16S4.4Na/c1-18-10-28(48-50-37-32(70(60,61)62)14-21-11-23(67-65-63-55)15-29(33(21)39(37)52)46-41(54)25-6-3-7-26(42)35(25)43)19(2)9-27(18)47-49-36-31(68-66-64-56)13-22-12-24(69(57,58)59)16-30(34(22)38(36)51)45-40(53)20-5-4-8-44-17-20;;;;/h3-17,51-52,55-56H,1-2H3,(H,45,53)(H,46,54)(H,57,58,59)(H,60,61,62);;;;/q;4*+1/p-4. The second kappa shape index (κ2) is 28.5. The molecule has 7 rings (SSSR count). The van der Waals surface area contributed by atoms with Crippen LogP contribution >= 0.6 is 47.3 Å². The number of benzene rings is 6. The Kier molecular flexibility index (Phi) is 25.3. The number of azo groups is 2. The number of hydrogen-bond acceptors (Lipinski definition) is 23. The van der Waals surface area contributed by atoms with E-state index in [2.05, 4.69) is 54.8 Å². The van der Waals surface area contributed by atoms with Gasteiger partial charge in [0.05, 0.1) is 82.7 Å². The van der Waals surface area contributed by atoms with Crippen molar-refractivity contribution >= 4 is 135 Å². The summed E-state index contributed by atoms with van der Waals surface area (Å²) in [5.41, 5.74) is -1.10. The molecule has 74 heavy (non-hydrogen) atoms. The number of phenolic OH excluding ortho intramolecular Hbond substituents is 2. The van der Waals surface area contributed by atoms with Gasteiger partial charge in [0.15, 0.2) is 11.5 Å². The first-order valence-electron chi connectivity index (χ1n) is 19.0. The van der Waals surface area contributed by atoms with Crippen molar-refractivity contribution in [1.29, 1.82) is 0 Å². The maximum Gasteiger partial charge on any atom is 1.00 e. The number of nitrogens with one attached hydrogen (secondary N) is 2. The van der Waals surface area contributed by atoms with Crippen LogP contribution in [-0.4, -0.2) is 53.0 Å². The zero-order valence-electron chi connectivity index (χ0n) is 38.9. The summed E-state index contributed by atoms with van der Waals surface area (Å²) >= 11 is 12.9. The summed E-state index contributed by atoms with van der Waals surface area (Å²) in [6.07, 6.45) is 2.61. The third-order valence-corrected chi connectivity index (χ3v) is 13.4. The summed E-state index contributed by atoms with van der Waals surface area (Å²) in [7, 11) is -10.6. The fourth-order valence-corrected chi connectivity index (χ4v) is 9.14. The molecule has 1 aromatic heterocycles. The van der Waals surface area contributed by atoms with Crippen LogP contribution in [0.5, 0.6) is 11.5 Å². The predicted molar refractivity (Wildman–Crippen MR) is 244 cm³/mol. The van der Waals surface area contributed by atoms with E-state index in [1.165, 1.54) is 86.9 Å². The van der Waals surface area contributed by atoms with Crippen LogP contribution in [0.3, 0.4) is 0 Å². The molecule has 0 aliphatic heterocycles. The summed E-state index contributed by atoms with van der Waals surface area (Å²) in [5, 5.41) is 72.3. The van der Waals surface area contributed by atoms with Crippen molar-refractivity contribution in [1.82, 2.24) is 4.98 Å². The summed E-state index contributed by atoms with van der Waals surface area (Å²) in [4.78, 5) is 28.5. The van der Waals surface area contributed by atoms with E-state index in [0.717, 1.165) is 18.2 Å². The topological polar surface area (TPSA) is 358 Å². The van der Waals surface area contributed by atoms with Gasteiger partial charge >= 0.3 is 118 Å². The molecule has 33 heteroatoms. The monoisotopic (exact) mass is 1160 g/mol. The minimum Gasteiger partial charge on any atom is -0.744 e. The quantitative estimate of drug-likeness (QED) is 0.0181. The molecule has 0 saturated heterocycles. The second-order valence-corrected chi connectivity index (χ2v) is 19.2. The van der Waals surface area contributed by atoms with Crippen molar-refractivity contribution in [2.45, 2.75) is 33.4 Å². The first-order valence-corrected chi connectivity index (χ1v) is 24.0. The average molecular weight is 1160 g/mol. The third kappa shape index (κ3) is 15.4. The van der Waals surface area contributed by atoms with Crippen LogP contribution in [0.2, 0.25) is 10.0 Å². The molecule has 0 saturated carbocycles. The number of aromatic hydroxyl groups is 2. The number of halogens is 2. The summed E-state index contributed by atoms with van der Waals surface area (Å²) in [5.74, 6) is -3.31. The minimum atomic E-state index is -5.43. The number of carbonyl (C=O) groups is 2. The number of rotatable bonds is 16. The molecule has 7 aromatic rings. The van der Waals surface area contributed by atoms with Gasteiger partial charge in [0.2, 0.25) is 0 Å². The van der Waals surface area contributed by atoms with Gasteiger partial charge < -0.3 is 40.5 Å². The van der Waals surface area contributed by atoms with E-state index in [9.17, 15) is 56.3 Å². The van der Waals surface area contributed by atoms with Gasteiger partial charge in [-0.05, 0) is 109 Å². The Morgan fingerprint density at radius 3 is 1.82 bits per heavy atom. The molecule has 0 fully saturated rings. The van der Waals surface area contributed by atoms with Crippen molar-refractivity contribution in [3.05, 3.63) is 124 Å². The number of amides is 2. The van der Waals surface area contributed by atoms with Gasteiger partial charge in [-0.15, -0.1) is 10.2 Å². The van der Waals surface area contributed by atoms with Gasteiger partial charge in [0.25, 0.3) is 11.8 Å². The van der Waals surface area contributed by atoms with E-state index in [1.54, 1.807) is 0 Å². The van der Waals surface area contributed by atoms with Crippen molar-refractivity contribution in [2.24, 2.45) is 20.5 Å². The maximum atomic E-state index is 13.4. The van der Waals surface area contributed by atoms with Gasteiger partial charge in [0.1, 0.15) is 31.6 Å². The predicted octanol–water partition coefficient (Wildman–Crippen LogP) is -3.66. The molecule has 0 bridgehead atoms. The fraction of sp³-hybridized carbons (Fsp3) is 0.0488. The Hall–Kier alpha value is -2.41. The minimum absolute atomic E-state index is 0. The van der Waals surface area contributed by atoms with E-state index >= 15 is 0 Å². The van der Waals surface area contributed by atoms with Gasteiger partial charge in [-0.25, -0.2) is 16.8 Å². The van der Waals surface area contributed by atoms with Crippen LogP contribution in [0.4, 0.5) is 34.1 Å². The molecule has 0 radical (unpaired) electrons. The normalized spacial score (nSPS) is 11.5. The average Bonchev–Trinajstić information content (AvgIpc) is 3.30. The number of pyridine rings is 1. The van der Waals surface area contributed by atoms with Crippen LogP contribution in [0.25, 0.3) is 21.5 Å². The molecule has 1 heterocycles. The van der Waals surface area contributed by atoms with E-state index in [1.807, 2.05) is 0 Å². The van der Waals surface area contributed by atoms with Crippen molar-refractivity contribution < 1.29 is 193 Å². The van der Waals surface area contributed by atoms with E-state index < -0.39 is 64.7 Å². The second-order valence-electron chi connectivity index (χ2n) is 14.2. The number of fused-ring (bicyclic) bond motifs is 2. The number of aryl methyl sites for hydroxylation is 2. The van der Waals surface area contributed by atoms with Gasteiger partial charge in [-0.2, -0.15) is 18.9 Å². The number of nitrogens with zero attached hydrogens (tertiary/aromatic N) is 5. The van der Waals surface area contributed by atoms with Crippen molar-refractivity contribution in [3.8, 4) is 11.5 Å². The Morgan fingerprint density at radius 2 is 1.24 bits per heavy atom. The van der Waals surface area contributed by atoms with E-state index in [4.69, 9.17) is 23.2 Å². The number of phenols is 2. The Labute approximate surface area is 526 Å². The molecule has 0 unspecified atom stereocenters. The van der Waals surface area contributed by atoms with Crippen LogP contribution in [-0.2, 0) is 39.0 Å². The number of aromatic nitrogens is 1. The molecule has 4 N–H and O–H groups in total. The SMILES string of the molecule is Cc1cc(N=Nc2c(S(=O)(=O)[O-])cc3cc(SOO[O-])cc(NC(=O)c4cccc(Cl)c4Cl)c3c2O)c(C)cc1N=Nc1c(SOO[O-])cc2cc(S(=O)(=O)[O-])cc(NC(=O)c3cccnc3)c2c1O.[Na+].[Na+].[Na+].[Na+]. The summed E-state index contributed by atoms with van der Waals surface area (Å²) in [6, 6.07) is 16.1. The molecule has 2 amide bonds. The van der Waals surface area contributed by atoms with Crippen LogP contribution in [0, 0.1) is 13.8 Å². The molecule has 362 valence electrons. The third-order valence-electron chi connectivity index (χ3n) is 9.76. The molecular weight excluding hydrogens is 1140 g/mol. The Morgan fingerprint density at radius 1 is 0.676 bits per heavy atom. The summed E-state index contributed by atoms with van der Waals surface area (Å²) < 4.78 is 83.3. The zero-order chi connectivity index (χ0) is 50.7. The maximum absolute atomic E-state index is 13.4.